The molecule has 7 heteroatoms. The van der Waals surface area contributed by atoms with Crippen molar-refractivity contribution >= 4 is 11.6 Å². The number of ether oxygens (including phenoxy) is 1. The van der Waals surface area contributed by atoms with E-state index in [4.69, 9.17) is 4.74 Å². The fourth-order valence-corrected chi connectivity index (χ4v) is 1.63. The van der Waals surface area contributed by atoms with Crippen LogP contribution < -0.4 is 10.1 Å². The molecule has 18 heavy (non-hydrogen) atoms. The van der Waals surface area contributed by atoms with Crippen LogP contribution in [0.15, 0.2) is 12.1 Å². The van der Waals surface area contributed by atoms with Crippen molar-refractivity contribution in [1.29, 1.82) is 0 Å². The number of hydrogen-bond acceptors (Lipinski definition) is 5. The lowest BCUT2D eigenvalue weighted by Crippen LogP contribution is -2.34. The summed E-state index contributed by atoms with van der Waals surface area (Å²) in [4.78, 5) is 15.7. The smallest absolute Gasteiger partial charge is 0.265 e. The van der Waals surface area contributed by atoms with Gasteiger partial charge in [-0.2, -0.15) is 0 Å². The molecule has 0 saturated carbocycles. The number of carbonyl (C=O) groups is 1. The number of nitrogens with one attached hydrogen (secondary N) is 1. The van der Waals surface area contributed by atoms with Gasteiger partial charge in [0, 0.05) is 7.05 Å². The van der Waals surface area contributed by atoms with Crippen molar-refractivity contribution in [2.24, 2.45) is 7.05 Å². The highest BCUT2D eigenvalue weighted by Gasteiger charge is 2.25. The first kappa shape index (κ1) is 10.7. The van der Waals surface area contributed by atoms with E-state index in [1.807, 2.05) is 0 Å². The quantitative estimate of drug-likeness (QED) is 0.785. The first-order valence-electron chi connectivity index (χ1n) is 5.41. The molecule has 0 fully saturated rings. The van der Waals surface area contributed by atoms with Gasteiger partial charge < -0.3 is 10.1 Å². The average molecular weight is 244 g/mol. The predicted molar refractivity (Wildman–Crippen MR) is 61.8 cm³/mol. The standard InChI is InChI=1S/C11H10N5O2/c1-6-10(17)12-8-4-3-7(13-11(8)18-6)9-5-16(2)15-14-9/h3-4,6H,1-2H3,(H,12,17). The van der Waals surface area contributed by atoms with E-state index in [2.05, 4.69) is 26.8 Å². The van der Waals surface area contributed by atoms with Gasteiger partial charge >= 0.3 is 0 Å². The first-order valence-corrected chi connectivity index (χ1v) is 5.41. The van der Waals surface area contributed by atoms with Gasteiger partial charge in [-0.05, 0) is 19.1 Å². The van der Waals surface area contributed by atoms with Crippen molar-refractivity contribution in [3.63, 3.8) is 0 Å². The highest BCUT2D eigenvalue weighted by Crippen LogP contribution is 2.29. The Bertz CT molecular complexity index is 622. The molecule has 7 nitrogen and oxygen atoms in total. The molecule has 1 radical (unpaired) electrons. The molecular formula is C11H10N5O2. The SMILES string of the molecule is CC1Oc2nc(-c3[c]n(C)nn3)ccc2NC1=O. The normalized spacial score (nSPS) is 17.9. The van der Waals surface area contributed by atoms with Crippen LogP contribution in [0.4, 0.5) is 5.69 Å². The third kappa shape index (κ3) is 1.69. The molecule has 0 saturated heterocycles. The van der Waals surface area contributed by atoms with Gasteiger partial charge in [0.1, 0.15) is 17.6 Å². The number of pyridine rings is 1. The molecule has 1 atom stereocenters. The number of hydrogen-bond donors (Lipinski definition) is 1. The van der Waals surface area contributed by atoms with Gasteiger partial charge in [0.25, 0.3) is 5.91 Å². The highest BCUT2D eigenvalue weighted by atomic mass is 16.5. The maximum absolute atomic E-state index is 11.4. The molecule has 1 amide bonds. The summed E-state index contributed by atoms with van der Waals surface area (Å²) in [7, 11) is 1.73. The zero-order chi connectivity index (χ0) is 12.7. The van der Waals surface area contributed by atoms with Gasteiger partial charge in [0.15, 0.2) is 6.10 Å². The number of nitrogens with zero attached hydrogens (tertiary/aromatic N) is 4. The molecule has 0 aliphatic carbocycles. The van der Waals surface area contributed by atoms with Crippen molar-refractivity contribution in [2.75, 3.05) is 5.32 Å². The van der Waals surface area contributed by atoms with E-state index in [0.717, 1.165) is 0 Å². The van der Waals surface area contributed by atoms with Crippen molar-refractivity contribution in [3.8, 4) is 17.3 Å². The first-order chi connectivity index (χ1) is 8.63. The van der Waals surface area contributed by atoms with Crippen LogP contribution in [0.5, 0.6) is 5.88 Å². The Hall–Kier alpha value is -2.44. The van der Waals surface area contributed by atoms with Crippen LogP contribution in [0.1, 0.15) is 6.92 Å². The van der Waals surface area contributed by atoms with E-state index in [9.17, 15) is 4.79 Å². The van der Waals surface area contributed by atoms with Crippen molar-refractivity contribution < 1.29 is 9.53 Å². The zero-order valence-electron chi connectivity index (χ0n) is 9.84. The van der Waals surface area contributed by atoms with Crippen LogP contribution in [0, 0.1) is 6.20 Å². The Balaban J connectivity index is 2.01. The van der Waals surface area contributed by atoms with Gasteiger partial charge in [-0.3, -0.25) is 4.79 Å². The summed E-state index contributed by atoms with van der Waals surface area (Å²) >= 11 is 0. The second-order valence-corrected chi connectivity index (χ2v) is 3.97. The van der Waals surface area contributed by atoms with Crippen LogP contribution in [-0.4, -0.2) is 32.0 Å². The molecule has 1 aliphatic heterocycles. The van der Waals surface area contributed by atoms with Gasteiger partial charge in [-0.1, -0.05) is 5.21 Å². The third-order valence-corrected chi connectivity index (χ3v) is 2.56. The van der Waals surface area contributed by atoms with Gasteiger partial charge in [-0.15, -0.1) is 5.10 Å². The second kappa shape index (κ2) is 3.80. The summed E-state index contributed by atoms with van der Waals surface area (Å²) in [5.41, 5.74) is 1.70. The van der Waals surface area contributed by atoms with Crippen LogP contribution >= 0.6 is 0 Å². The number of fused-ring (bicyclic) bond motifs is 1. The maximum atomic E-state index is 11.4. The lowest BCUT2D eigenvalue weighted by molar-refractivity contribution is -0.122. The number of aryl methyl sites for hydroxylation is 1. The second-order valence-electron chi connectivity index (χ2n) is 3.97. The highest BCUT2D eigenvalue weighted by molar-refractivity contribution is 5.97. The molecule has 1 aliphatic rings. The number of rotatable bonds is 1. The molecule has 2 aromatic rings. The van der Waals surface area contributed by atoms with E-state index >= 15 is 0 Å². The predicted octanol–water partition coefficient (Wildman–Crippen LogP) is 0.397. The van der Waals surface area contributed by atoms with E-state index in [1.54, 1.807) is 26.1 Å². The fourth-order valence-electron chi connectivity index (χ4n) is 1.63. The molecule has 0 bridgehead atoms. The van der Waals surface area contributed by atoms with Gasteiger partial charge in [0.05, 0.1) is 5.69 Å². The minimum absolute atomic E-state index is 0.178. The molecule has 0 aromatic carbocycles. The van der Waals surface area contributed by atoms with Crippen LogP contribution in [-0.2, 0) is 11.8 Å². The topological polar surface area (TPSA) is 81.9 Å². The largest absolute Gasteiger partial charge is 0.463 e. The van der Waals surface area contributed by atoms with Crippen LogP contribution in [0.2, 0.25) is 0 Å². The number of carbonyl (C=O) groups excluding carboxylic acids is 1. The Labute approximate surface area is 103 Å². The van der Waals surface area contributed by atoms with Crippen LogP contribution in [0.25, 0.3) is 11.4 Å². The molecule has 3 heterocycles. The fraction of sp³-hybridized carbons (Fsp3) is 0.273. The van der Waals surface area contributed by atoms with Crippen molar-refractivity contribution in [2.45, 2.75) is 13.0 Å². The number of anilines is 1. The lowest BCUT2D eigenvalue weighted by Gasteiger charge is -2.22. The molecular weight excluding hydrogens is 234 g/mol. The maximum Gasteiger partial charge on any atom is 0.265 e. The monoisotopic (exact) mass is 244 g/mol. The Morgan fingerprint density at radius 3 is 3.06 bits per heavy atom. The third-order valence-electron chi connectivity index (χ3n) is 2.56. The van der Waals surface area contributed by atoms with Gasteiger partial charge in [0.2, 0.25) is 5.88 Å². The zero-order valence-corrected chi connectivity index (χ0v) is 9.84. The van der Waals surface area contributed by atoms with Crippen LogP contribution in [0.3, 0.4) is 0 Å². The molecule has 2 aromatic heterocycles. The lowest BCUT2D eigenvalue weighted by atomic mass is 10.2. The Kier molecular flexibility index (Phi) is 2.26. The van der Waals surface area contributed by atoms with E-state index in [-0.39, 0.29) is 5.91 Å². The van der Waals surface area contributed by atoms with Crippen molar-refractivity contribution in [3.05, 3.63) is 18.3 Å². The van der Waals surface area contributed by atoms with E-state index in [0.29, 0.717) is 23.0 Å². The van der Waals surface area contributed by atoms with E-state index in [1.165, 1.54) is 4.68 Å². The average Bonchev–Trinajstić information content (AvgIpc) is 2.77. The van der Waals surface area contributed by atoms with Gasteiger partial charge in [-0.25, -0.2) is 9.67 Å². The summed E-state index contributed by atoms with van der Waals surface area (Å²) in [6, 6.07) is 3.46. The Morgan fingerprint density at radius 1 is 1.50 bits per heavy atom. The minimum atomic E-state index is -0.550. The Morgan fingerprint density at radius 2 is 2.33 bits per heavy atom. The molecule has 1 N–H and O–H groups in total. The summed E-state index contributed by atoms with van der Waals surface area (Å²) < 4.78 is 6.89. The molecule has 3 rings (SSSR count). The summed E-state index contributed by atoms with van der Waals surface area (Å²) in [6.07, 6.45) is 2.36. The molecule has 91 valence electrons. The molecule has 1 unspecified atom stereocenters. The van der Waals surface area contributed by atoms with Crippen molar-refractivity contribution in [1.82, 2.24) is 20.0 Å². The summed E-state index contributed by atoms with van der Waals surface area (Å²) in [6.45, 7) is 1.67. The summed E-state index contributed by atoms with van der Waals surface area (Å²) in [5.74, 6) is 0.210. The number of amides is 1. The van der Waals surface area contributed by atoms with E-state index < -0.39 is 6.10 Å². The molecule has 0 spiro atoms. The summed E-state index contributed by atoms with van der Waals surface area (Å²) in [5, 5.41) is 10.4. The minimum Gasteiger partial charge on any atom is -0.463 e. The number of aromatic nitrogens is 4.